The molecule has 0 saturated carbocycles. The average molecular weight is 415 g/mol. The van der Waals surface area contributed by atoms with Gasteiger partial charge in [0, 0.05) is 0 Å². The predicted octanol–water partition coefficient (Wildman–Crippen LogP) is 0.622. The molecule has 6 N–H and O–H groups in total. The van der Waals surface area contributed by atoms with E-state index in [1.807, 2.05) is 34.6 Å². The topological polar surface area (TPSA) is 151 Å². The van der Waals surface area contributed by atoms with Crippen LogP contribution in [0.2, 0.25) is 0 Å². The Morgan fingerprint density at radius 3 is 1.69 bits per heavy atom. The molecule has 0 aromatic rings. The molecule has 5 atom stereocenters. The Kier molecular flexibility index (Phi) is 12.2. The van der Waals surface area contributed by atoms with Crippen LogP contribution in [0.3, 0.4) is 0 Å². The van der Waals surface area contributed by atoms with Gasteiger partial charge in [0.15, 0.2) is 0 Å². The van der Waals surface area contributed by atoms with E-state index in [9.17, 15) is 19.2 Å². The van der Waals surface area contributed by atoms with E-state index in [1.165, 1.54) is 0 Å². The zero-order valence-corrected chi connectivity index (χ0v) is 18.5. The summed E-state index contributed by atoms with van der Waals surface area (Å²) < 4.78 is 0. The minimum atomic E-state index is -1.17. The molecule has 0 radical (unpaired) electrons. The van der Waals surface area contributed by atoms with E-state index in [0.717, 1.165) is 0 Å². The van der Waals surface area contributed by atoms with Crippen LogP contribution in [-0.4, -0.2) is 53.5 Å². The van der Waals surface area contributed by atoms with Crippen molar-refractivity contribution in [2.45, 2.75) is 78.9 Å². The third kappa shape index (κ3) is 9.74. The van der Waals surface area contributed by atoms with Gasteiger partial charge in [-0.3, -0.25) is 19.2 Å². The largest absolute Gasteiger partial charge is 0.480 e. The van der Waals surface area contributed by atoms with E-state index < -0.39 is 48.4 Å². The standard InChI is InChI=1S/C20H38N4O5/c1-7-12(5)16(19(28)22-10-15(25)26)24-20(29)17(13(6)8-2)23-18(27)14(21)9-11(3)4/h11-14,16-17H,7-10,21H2,1-6H3,(H,22,28)(H,23,27)(H,24,29)(H,25,26). The Bertz CT molecular complexity index is 567. The van der Waals surface area contributed by atoms with Crippen molar-refractivity contribution in [1.29, 1.82) is 0 Å². The van der Waals surface area contributed by atoms with Gasteiger partial charge in [-0.15, -0.1) is 0 Å². The fourth-order valence-corrected chi connectivity index (χ4v) is 2.79. The maximum Gasteiger partial charge on any atom is 0.322 e. The molecule has 9 nitrogen and oxygen atoms in total. The number of rotatable bonds is 13. The summed E-state index contributed by atoms with van der Waals surface area (Å²) in [6.07, 6.45) is 1.73. The number of hydrogen-bond donors (Lipinski definition) is 5. The van der Waals surface area contributed by atoms with Gasteiger partial charge in [-0.05, 0) is 24.2 Å². The van der Waals surface area contributed by atoms with Crippen molar-refractivity contribution in [2.75, 3.05) is 6.54 Å². The number of carboxylic acids is 1. The first kappa shape index (κ1) is 26.8. The van der Waals surface area contributed by atoms with Gasteiger partial charge in [0.25, 0.3) is 0 Å². The quantitative estimate of drug-likeness (QED) is 0.298. The molecule has 0 aromatic heterocycles. The van der Waals surface area contributed by atoms with E-state index >= 15 is 0 Å². The molecule has 0 saturated heterocycles. The van der Waals surface area contributed by atoms with E-state index in [4.69, 9.17) is 10.8 Å². The molecule has 0 bridgehead atoms. The number of hydrogen-bond acceptors (Lipinski definition) is 5. The highest BCUT2D eigenvalue weighted by Gasteiger charge is 2.33. The van der Waals surface area contributed by atoms with E-state index in [0.29, 0.717) is 19.3 Å². The number of nitrogens with one attached hydrogen (secondary N) is 3. The summed E-state index contributed by atoms with van der Waals surface area (Å²) in [5.41, 5.74) is 5.93. The first-order chi connectivity index (χ1) is 13.4. The average Bonchev–Trinajstić information content (AvgIpc) is 2.65. The molecule has 0 rings (SSSR count). The number of carboxylic acid groups (broad SMARTS) is 1. The molecule has 168 valence electrons. The smallest absolute Gasteiger partial charge is 0.322 e. The molecule has 29 heavy (non-hydrogen) atoms. The van der Waals surface area contributed by atoms with Gasteiger partial charge in [0.1, 0.15) is 18.6 Å². The van der Waals surface area contributed by atoms with Crippen LogP contribution < -0.4 is 21.7 Å². The van der Waals surface area contributed by atoms with Crippen LogP contribution in [0.15, 0.2) is 0 Å². The maximum atomic E-state index is 12.9. The molecule has 9 heteroatoms. The minimum absolute atomic E-state index is 0.176. The van der Waals surface area contributed by atoms with Crippen LogP contribution in [0.5, 0.6) is 0 Å². The van der Waals surface area contributed by atoms with E-state index in [1.54, 1.807) is 6.92 Å². The lowest BCUT2D eigenvalue weighted by molar-refractivity contribution is -0.139. The molecule has 0 aliphatic carbocycles. The third-order valence-corrected chi connectivity index (χ3v) is 5.06. The lowest BCUT2D eigenvalue weighted by atomic mass is 9.94. The monoisotopic (exact) mass is 414 g/mol. The highest BCUT2D eigenvalue weighted by molar-refractivity contribution is 5.93. The molecule has 0 fully saturated rings. The number of carbonyl (C=O) groups excluding carboxylic acids is 3. The summed E-state index contributed by atoms with van der Waals surface area (Å²) in [6, 6.07) is -2.47. The van der Waals surface area contributed by atoms with Crippen molar-refractivity contribution < 1.29 is 24.3 Å². The molecule has 0 aromatic carbocycles. The van der Waals surface area contributed by atoms with Crippen LogP contribution >= 0.6 is 0 Å². The number of aliphatic carboxylic acids is 1. The highest BCUT2D eigenvalue weighted by atomic mass is 16.4. The maximum absolute atomic E-state index is 12.9. The van der Waals surface area contributed by atoms with E-state index in [-0.39, 0.29) is 17.8 Å². The summed E-state index contributed by atoms with van der Waals surface area (Å²) in [4.78, 5) is 48.5. The van der Waals surface area contributed by atoms with E-state index in [2.05, 4.69) is 16.0 Å². The van der Waals surface area contributed by atoms with Gasteiger partial charge in [-0.1, -0.05) is 54.4 Å². The summed E-state index contributed by atoms with van der Waals surface area (Å²) in [7, 11) is 0. The van der Waals surface area contributed by atoms with Gasteiger partial charge < -0.3 is 26.8 Å². The Hall–Kier alpha value is -2.16. The molecule has 0 aliphatic rings. The molecule has 0 aliphatic heterocycles. The molecular formula is C20H38N4O5. The Morgan fingerprint density at radius 1 is 0.828 bits per heavy atom. The summed E-state index contributed by atoms with van der Waals surface area (Å²) in [6.45, 7) is 10.8. The van der Waals surface area contributed by atoms with Crippen LogP contribution in [-0.2, 0) is 19.2 Å². The fraction of sp³-hybridized carbons (Fsp3) is 0.800. The molecular weight excluding hydrogens is 376 g/mol. The molecule has 5 unspecified atom stereocenters. The van der Waals surface area contributed by atoms with Crippen LogP contribution in [0.4, 0.5) is 0 Å². The second-order valence-electron chi connectivity index (χ2n) is 8.09. The zero-order valence-electron chi connectivity index (χ0n) is 18.5. The Morgan fingerprint density at radius 2 is 1.28 bits per heavy atom. The Balaban J connectivity index is 5.35. The first-order valence-corrected chi connectivity index (χ1v) is 10.3. The summed E-state index contributed by atoms with van der Waals surface area (Å²) >= 11 is 0. The van der Waals surface area contributed by atoms with Gasteiger partial charge in [0.2, 0.25) is 17.7 Å². The third-order valence-electron chi connectivity index (χ3n) is 5.06. The number of nitrogens with two attached hydrogens (primary N) is 1. The van der Waals surface area contributed by atoms with Crippen LogP contribution in [0, 0.1) is 17.8 Å². The minimum Gasteiger partial charge on any atom is -0.480 e. The van der Waals surface area contributed by atoms with Crippen molar-refractivity contribution in [2.24, 2.45) is 23.5 Å². The Labute approximate surface area is 173 Å². The van der Waals surface area contributed by atoms with Gasteiger partial charge >= 0.3 is 5.97 Å². The van der Waals surface area contributed by atoms with Crippen LogP contribution in [0.1, 0.15) is 60.8 Å². The second-order valence-corrected chi connectivity index (χ2v) is 8.09. The van der Waals surface area contributed by atoms with Gasteiger partial charge in [-0.25, -0.2) is 0 Å². The van der Waals surface area contributed by atoms with Crippen molar-refractivity contribution in [3.8, 4) is 0 Å². The SMILES string of the molecule is CCC(C)C(NC(=O)C(N)CC(C)C)C(=O)NC(C(=O)NCC(=O)O)C(C)CC. The zero-order chi connectivity index (χ0) is 22.7. The highest BCUT2D eigenvalue weighted by Crippen LogP contribution is 2.13. The lowest BCUT2D eigenvalue weighted by Gasteiger charge is -2.29. The van der Waals surface area contributed by atoms with Crippen molar-refractivity contribution >= 4 is 23.7 Å². The van der Waals surface area contributed by atoms with Gasteiger partial charge in [-0.2, -0.15) is 0 Å². The van der Waals surface area contributed by atoms with Gasteiger partial charge in [0.05, 0.1) is 6.04 Å². The summed E-state index contributed by atoms with van der Waals surface area (Å²) in [5, 5.41) is 16.5. The van der Waals surface area contributed by atoms with Crippen molar-refractivity contribution in [3.05, 3.63) is 0 Å². The normalized spacial score (nSPS) is 16.3. The van der Waals surface area contributed by atoms with Crippen LogP contribution in [0.25, 0.3) is 0 Å². The molecule has 3 amide bonds. The predicted molar refractivity (Wildman–Crippen MR) is 111 cm³/mol. The molecule has 0 heterocycles. The molecule has 0 spiro atoms. The number of carbonyl (C=O) groups is 4. The van der Waals surface area contributed by atoms with Crippen molar-refractivity contribution in [3.63, 3.8) is 0 Å². The lowest BCUT2D eigenvalue weighted by Crippen LogP contribution is -2.59. The second kappa shape index (κ2) is 13.1. The fourth-order valence-electron chi connectivity index (χ4n) is 2.79. The number of amides is 3. The van der Waals surface area contributed by atoms with Crippen molar-refractivity contribution in [1.82, 2.24) is 16.0 Å². The summed E-state index contributed by atoms with van der Waals surface area (Å²) in [5.74, 6) is -2.79. The first-order valence-electron chi connectivity index (χ1n) is 10.3.